The molecule has 0 aromatic heterocycles. The molecule has 0 spiro atoms. The van der Waals surface area contributed by atoms with E-state index in [1.807, 2.05) is 9.80 Å². The van der Waals surface area contributed by atoms with Gasteiger partial charge in [-0.25, -0.2) is 0 Å². The number of anilines is 1. The highest BCUT2D eigenvalue weighted by molar-refractivity contribution is 8.14. The molecule has 1 fully saturated rings. The van der Waals surface area contributed by atoms with Crippen LogP contribution in [-0.4, -0.2) is 54.5 Å². The van der Waals surface area contributed by atoms with Crippen LogP contribution in [0.1, 0.15) is 34.7 Å². The van der Waals surface area contributed by atoms with E-state index >= 15 is 0 Å². The maximum atomic E-state index is 13.6. The van der Waals surface area contributed by atoms with Crippen molar-refractivity contribution >= 4 is 28.5 Å². The Bertz CT molecular complexity index is 1680. The van der Waals surface area contributed by atoms with Gasteiger partial charge in [-0.2, -0.15) is 44.5 Å². The number of amidine groups is 1. The number of hydrogen-bond donors (Lipinski definition) is 0. The minimum Gasteiger partial charge on any atom is -0.493 e. The van der Waals surface area contributed by atoms with Crippen LogP contribution in [0.5, 0.6) is 11.5 Å². The van der Waals surface area contributed by atoms with Crippen molar-refractivity contribution < 1.29 is 53.8 Å². The number of amides is 1. The van der Waals surface area contributed by atoms with Crippen LogP contribution in [0.4, 0.5) is 45.2 Å². The van der Waals surface area contributed by atoms with Gasteiger partial charge in [-0.1, -0.05) is 30.8 Å². The summed E-state index contributed by atoms with van der Waals surface area (Å²) >= 11 is 1.43. The van der Waals surface area contributed by atoms with Crippen molar-refractivity contribution in [3.63, 3.8) is 0 Å². The van der Waals surface area contributed by atoms with Crippen molar-refractivity contribution in [3.8, 4) is 11.5 Å². The molecule has 3 aromatic carbocycles. The molecule has 0 radical (unpaired) electrons. The standard InChI is InChI=1S/C33H30F9N3O3S/c1-19-28(49-30(43-29(19)46)45-13-11-44(12-14-45)24-8-6-22(7-9-24)31(34,35)36)16-20-3-10-26(27(15-20)47-2)48-18-21-4-5-23(32(37,38)39)17-25(21)33(40,41)42/h3-10,15,17,19,28H,11-14,16,18H2,1-2H3. The largest absolute Gasteiger partial charge is 0.493 e. The molecule has 2 aliphatic rings. The third-order valence-corrected chi connectivity index (χ3v) is 9.75. The van der Waals surface area contributed by atoms with Crippen molar-refractivity contribution in [3.05, 3.63) is 88.5 Å². The number of methoxy groups -OCH3 is 1. The van der Waals surface area contributed by atoms with Gasteiger partial charge >= 0.3 is 18.5 Å². The van der Waals surface area contributed by atoms with Gasteiger partial charge in [-0.3, -0.25) is 4.79 Å². The first-order valence-corrected chi connectivity index (χ1v) is 15.9. The minimum absolute atomic E-state index is 0.0556. The highest BCUT2D eigenvalue weighted by atomic mass is 32.2. The predicted molar refractivity (Wildman–Crippen MR) is 166 cm³/mol. The Kier molecular flexibility index (Phi) is 10.4. The van der Waals surface area contributed by atoms with Crippen molar-refractivity contribution in [2.45, 2.75) is 43.7 Å². The second-order valence-electron chi connectivity index (χ2n) is 11.5. The Labute approximate surface area is 279 Å². The number of rotatable bonds is 7. The molecule has 49 heavy (non-hydrogen) atoms. The number of alkyl halides is 9. The molecule has 3 aromatic rings. The van der Waals surface area contributed by atoms with E-state index in [2.05, 4.69) is 4.99 Å². The van der Waals surface area contributed by atoms with Crippen LogP contribution in [0, 0.1) is 5.92 Å². The number of carbonyl (C=O) groups excluding carboxylic acids is 1. The van der Waals surface area contributed by atoms with E-state index in [4.69, 9.17) is 9.47 Å². The average molecular weight is 720 g/mol. The molecule has 2 unspecified atom stereocenters. The zero-order valence-corrected chi connectivity index (χ0v) is 26.9. The fourth-order valence-electron chi connectivity index (χ4n) is 5.49. The van der Waals surface area contributed by atoms with E-state index in [1.165, 1.54) is 37.1 Å². The van der Waals surface area contributed by atoms with Crippen LogP contribution < -0.4 is 14.4 Å². The van der Waals surface area contributed by atoms with E-state index in [9.17, 15) is 44.3 Å². The molecule has 1 amide bonds. The van der Waals surface area contributed by atoms with Gasteiger partial charge in [0.2, 0.25) is 0 Å². The Morgan fingerprint density at radius 1 is 0.776 bits per heavy atom. The van der Waals surface area contributed by atoms with Crippen LogP contribution in [0.3, 0.4) is 0 Å². The summed E-state index contributed by atoms with van der Waals surface area (Å²) in [5.74, 6) is -0.476. The molecule has 2 atom stereocenters. The second-order valence-corrected chi connectivity index (χ2v) is 12.7. The zero-order chi connectivity index (χ0) is 35.7. The van der Waals surface area contributed by atoms with Crippen molar-refractivity contribution in [2.75, 3.05) is 38.2 Å². The summed E-state index contributed by atoms with van der Waals surface area (Å²) in [4.78, 5) is 21.1. The maximum Gasteiger partial charge on any atom is 0.416 e. The van der Waals surface area contributed by atoms with Gasteiger partial charge in [0.1, 0.15) is 6.61 Å². The van der Waals surface area contributed by atoms with Crippen LogP contribution in [0.2, 0.25) is 0 Å². The Morgan fingerprint density at radius 3 is 1.98 bits per heavy atom. The highest BCUT2D eigenvalue weighted by Crippen LogP contribution is 2.39. The highest BCUT2D eigenvalue weighted by Gasteiger charge is 2.39. The van der Waals surface area contributed by atoms with Crippen molar-refractivity contribution in [2.24, 2.45) is 10.9 Å². The van der Waals surface area contributed by atoms with Gasteiger partial charge in [0, 0.05) is 42.7 Å². The lowest BCUT2D eigenvalue weighted by Crippen LogP contribution is -2.49. The molecule has 16 heteroatoms. The van der Waals surface area contributed by atoms with Crippen LogP contribution in [0.15, 0.2) is 65.7 Å². The van der Waals surface area contributed by atoms with Gasteiger partial charge in [-0.15, -0.1) is 0 Å². The molecule has 0 N–H and O–H groups in total. The summed E-state index contributed by atoms with van der Waals surface area (Å²) in [5, 5.41) is 0.315. The summed E-state index contributed by atoms with van der Waals surface area (Å²) in [6.45, 7) is 3.11. The zero-order valence-electron chi connectivity index (χ0n) is 26.0. The van der Waals surface area contributed by atoms with Crippen LogP contribution >= 0.6 is 11.8 Å². The number of carbonyl (C=O) groups is 1. The second kappa shape index (κ2) is 14.0. The monoisotopic (exact) mass is 719 g/mol. The molecule has 2 aliphatic heterocycles. The smallest absolute Gasteiger partial charge is 0.416 e. The van der Waals surface area contributed by atoms with Gasteiger partial charge in [-0.05, 0) is 60.5 Å². The van der Waals surface area contributed by atoms with Crippen molar-refractivity contribution in [1.82, 2.24) is 4.90 Å². The Morgan fingerprint density at radius 2 is 1.39 bits per heavy atom. The van der Waals surface area contributed by atoms with Gasteiger partial charge < -0.3 is 19.3 Å². The number of benzene rings is 3. The van der Waals surface area contributed by atoms with E-state index in [1.54, 1.807) is 19.1 Å². The first-order valence-electron chi connectivity index (χ1n) is 15.0. The van der Waals surface area contributed by atoms with E-state index in [-0.39, 0.29) is 28.7 Å². The topological polar surface area (TPSA) is 54.4 Å². The fraction of sp³-hybridized carbons (Fsp3) is 0.394. The minimum atomic E-state index is -5.04. The molecule has 5 rings (SSSR count). The molecule has 0 aliphatic carbocycles. The third kappa shape index (κ3) is 8.57. The number of halogens is 9. The molecular weight excluding hydrogens is 689 g/mol. The molecule has 0 bridgehead atoms. The SMILES string of the molecule is COc1cc(CC2SC(N3CCN(c4ccc(C(F)(F)F)cc4)CC3)=NC(=O)C2C)ccc1OCc1ccc(C(F)(F)F)cc1C(F)(F)F. The summed E-state index contributed by atoms with van der Waals surface area (Å²) in [7, 11) is 1.34. The summed E-state index contributed by atoms with van der Waals surface area (Å²) in [5.41, 5.74) is -2.68. The normalized spacial score (nSPS) is 19.2. The van der Waals surface area contributed by atoms with Gasteiger partial charge in [0.25, 0.3) is 5.91 Å². The summed E-state index contributed by atoms with van der Waals surface area (Å²) < 4.78 is 130. The summed E-state index contributed by atoms with van der Waals surface area (Å²) in [6.07, 6.45) is -14.0. The lowest BCUT2D eigenvalue weighted by molar-refractivity contribution is -0.143. The van der Waals surface area contributed by atoms with Crippen LogP contribution in [-0.2, 0) is 36.4 Å². The van der Waals surface area contributed by atoms with Gasteiger partial charge in [0.05, 0.1) is 29.7 Å². The molecular formula is C33H30F9N3O3S. The quantitative estimate of drug-likeness (QED) is 0.229. The Balaban J connectivity index is 1.23. The molecule has 2 heterocycles. The fourth-order valence-corrected chi connectivity index (χ4v) is 6.83. The van der Waals surface area contributed by atoms with Gasteiger partial charge in [0.15, 0.2) is 16.7 Å². The lowest BCUT2D eigenvalue weighted by atomic mass is 9.99. The third-order valence-electron chi connectivity index (χ3n) is 8.31. The number of aliphatic imine (C=N–C) groups is 1. The first kappa shape index (κ1) is 36.2. The number of ether oxygens (including phenoxy) is 2. The number of piperazine rings is 1. The molecule has 0 saturated carbocycles. The summed E-state index contributed by atoms with van der Waals surface area (Å²) in [6, 6.07) is 11.1. The lowest BCUT2D eigenvalue weighted by Gasteiger charge is -2.39. The number of nitrogens with zero attached hydrogens (tertiary/aromatic N) is 3. The molecule has 264 valence electrons. The Hall–Kier alpha value is -4.08. The van der Waals surface area contributed by atoms with Crippen LogP contribution in [0.25, 0.3) is 0 Å². The predicted octanol–water partition coefficient (Wildman–Crippen LogP) is 8.33. The van der Waals surface area contributed by atoms with E-state index in [0.717, 1.165) is 23.8 Å². The maximum absolute atomic E-state index is 13.6. The first-order chi connectivity index (χ1) is 22.9. The number of hydrogen-bond acceptors (Lipinski definition) is 6. The number of thioether (sulfide) groups is 1. The van der Waals surface area contributed by atoms with Crippen molar-refractivity contribution in [1.29, 1.82) is 0 Å². The van der Waals surface area contributed by atoms with E-state index < -0.39 is 53.3 Å². The molecule has 1 saturated heterocycles. The average Bonchev–Trinajstić information content (AvgIpc) is 3.05. The van der Waals surface area contributed by atoms with E-state index in [0.29, 0.717) is 49.5 Å². The molecule has 6 nitrogen and oxygen atoms in total.